The second-order valence-corrected chi connectivity index (χ2v) is 5.55. The zero-order valence-electron chi connectivity index (χ0n) is 9.14. The number of hydrogen-bond donors (Lipinski definition) is 1. The van der Waals surface area contributed by atoms with Crippen LogP contribution in [0.1, 0.15) is 33.6 Å². The lowest BCUT2D eigenvalue weighted by Gasteiger charge is -2.32. The fourth-order valence-corrected chi connectivity index (χ4v) is 2.34. The molecule has 1 saturated carbocycles. The molecule has 0 bridgehead atoms. The molecule has 1 atom stereocenters. The summed E-state index contributed by atoms with van der Waals surface area (Å²) in [6.45, 7) is 10.7. The molecule has 1 aliphatic heterocycles. The van der Waals surface area contributed by atoms with E-state index in [4.69, 9.17) is 0 Å². The lowest BCUT2D eigenvalue weighted by atomic mass is 9.93. The van der Waals surface area contributed by atoms with Crippen molar-refractivity contribution in [2.45, 2.75) is 45.7 Å². The summed E-state index contributed by atoms with van der Waals surface area (Å²) in [5.74, 6) is 0. The summed E-state index contributed by atoms with van der Waals surface area (Å²) in [6, 6.07) is 1.64. The topological polar surface area (TPSA) is 15.3 Å². The van der Waals surface area contributed by atoms with Crippen LogP contribution in [0.15, 0.2) is 0 Å². The monoisotopic (exact) mass is 182 g/mol. The Morgan fingerprint density at radius 2 is 2.00 bits per heavy atom. The molecule has 1 unspecified atom stereocenters. The van der Waals surface area contributed by atoms with Crippen molar-refractivity contribution in [3.8, 4) is 0 Å². The van der Waals surface area contributed by atoms with Crippen molar-refractivity contribution in [3.63, 3.8) is 0 Å². The maximum Gasteiger partial charge on any atom is 0.0195 e. The zero-order valence-corrected chi connectivity index (χ0v) is 9.14. The molecule has 76 valence electrons. The average molecular weight is 182 g/mol. The zero-order chi connectivity index (χ0) is 9.47. The fraction of sp³-hybridized carbons (Fsp3) is 1.00. The van der Waals surface area contributed by atoms with Crippen LogP contribution in [-0.2, 0) is 0 Å². The predicted octanol–water partition coefficient (Wildman–Crippen LogP) is 1.47. The Morgan fingerprint density at radius 3 is 2.62 bits per heavy atom. The third-order valence-electron chi connectivity index (χ3n) is 3.24. The summed E-state index contributed by atoms with van der Waals surface area (Å²) in [7, 11) is 0. The molecule has 0 spiro atoms. The lowest BCUT2D eigenvalue weighted by Crippen LogP contribution is -2.41. The van der Waals surface area contributed by atoms with Gasteiger partial charge in [0, 0.05) is 31.7 Å². The van der Waals surface area contributed by atoms with Gasteiger partial charge in [-0.15, -0.1) is 0 Å². The van der Waals surface area contributed by atoms with Crippen LogP contribution < -0.4 is 5.32 Å². The van der Waals surface area contributed by atoms with Gasteiger partial charge in [-0.25, -0.2) is 0 Å². The highest BCUT2D eigenvalue weighted by molar-refractivity contribution is 4.93. The second-order valence-electron chi connectivity index (χ2n) is 5.55. The quantitative estimate of drug-likeness (QED) is 0.660. The molecule has 0 aromatic rings. The number of hydrogen-bond acceptors (Lipinski definition) is 2. The largest absolute Gasteiger partial charge is 0.315 e. The van der Waals surface area contributed by atoms with Gasteiger partial charge < -0.3 is 5.32 Å². The van der Waals surface area contributed by atoms with E-state index in [0.717, 1.165) is 12.1 Å². The van der Waals surface area contributed by atoms with E-state index in [1.54, 1.807) is 0 Å². The van der Waals surface area contributed by atoms with Crippen molar-refractivity contribution in [1.82, 2.24) is 10.2 Å². The third-order valence-corrected chi connectivity index (χ3v) is 3.24. The molecule has 1 aliphatic carbocycles. The van der Waals surface area contributed by atoms with Crippen molar-refractivity contribution >= 4 is 0 Å². The van der Waals surface area contributed by atoms with Crippen molar-refractivity contribution in [3.05, 3.63) is 0 Å². The molecule has 2 fully saturated rings. The van der Waals surface area contributed by atoms with Gasteiger partial charge in [0.05, 0.1) is 0 Å². The van der Waals surface area contributed by atoms with Gasteiger partial charge in [0.15, 0.2) is 0 Å². The van der Waals surface area contributed by atoms with Gasteiger partial charge in [-0.3, -0.25) is 4.90 Å². The van der Waals surface area contributed by atoms with Gasteiger partial charge in [0.2, 0.25) is 0 Å². The molecule has 1 N–H and O–H groups in total. The molecule has 2 nitrogen and oxygen atoms in total. The van der Waals surface area contributed by atoms with E-state index in [2.05, 4.69) is 31.0 Å². The van der Waals surface area contributed by atoms with Gasteiger partial charge in [-0.2, -0.15) is 0 Å². The summed E-state index contributed by atoms with van der Waals surface area (Å²) in [4.78, 5) is 2.71. The van der Waals surface area contributed by atoms with E-state index in [0.29, 0.717) is 5.41 Å². The van der Waals surface area contributed by atoms with Crippen LogP contribution in [0.2, 0.25) is 0 Å². The molecular formula is C11H22N2. The molecule has 1 saturated heterocycles. The van der Waals surface area contributed by atoms with Crippen molar-refractivity contribution in [1.29, 1.82) is 0 Å². The SMILES string of the molecule is CC1CNCC(C)(C)CN1C1CC1. The first kappa shape index (κ1) is 9.47. The Morgan fingerprint density at radius 1 is 1.31 bits per heavy atom. The van der Waals surface area contributed by atoms with E-state index in [1.807, 2.05) is 0 Å². The van der Waals surface area contributed by atoms with Gasteiger partial charge >= 0.3 is 0 Å². The van der Waals surface area contributed by atoms with Gasteiger partial charge in [0.25, 0.3) is 0 Å². The maximum atomic E-state index is 3.56. The molecule has 1 heterocycles. The molecule has 2 rings (SSSR count). The van der Waals surface area contributed by atoms with Crippen LogP contribution in [-0.4, -0.2) is 36.6 Å². The third kappa shape index (κ3) is 2.23. The lowest BCUT2D eigenvalue weighted by molar-refractivity contribution is 0.157. The fourth-order valence-electron chi connectivity index (χ4n) is 2.34. The van der Waals surface area contributed by atoms with Crippen LogP contribution in [0.5, 0.6) is 0 Å². The minimum atomic E-state index is 0.452. The van der Waals surface area contributed by atoms with Crippen LogP contribution in [0.3, 0.4) is 0 Å². The first-order valence-corrected chi connectivity index (χ1v) is 5.55. The van der Waals surface area contributed by atoms with Crippen molar-refractivity contribution < 1.29 is 0 Å². The summed E-state index contributed by atoms with van der Waals surface area (Å²) in [5, 5.41) is 3.56. The van der Waals surface area contributed by atoms with Crippen LogP contribution in [0.25, 0.3) is 0 Å². The first-order chi connectivity index (χ1) is 6.08. The average Bonchev–Trinajstić information content (AvgIpc) is 2.80. The number of nitrogens with zero attached hydrogens (tertiary/aromatic N) is 1. The van der Waals surface area contributed by atoms with E-state index < -0.39 is 0 Å². The molecule has 0 aromatic heterocycles. The minimum absolute atomic E-state index is 0.452. The normalized spacial score (nSPS) is 35.8. The Labute approximate surface area is 81.7 Å². The summed E-state index contributed by atoms with van der Waals surface area (Å²) < 4.78 is 0. The maximum absolute atomic E-state index is 3.56. The molecule has 2 aliphatic rings. The highest BCUT2D eigenvalue weighted by Gasteiger charge is 2.37. The summed E-state index contributed by atoms with van der Waals surface area (Å²) in [5.41, 5.74) is 0.452. The first-order valence-electron chi connectivity index (χ1n) is 5.55. The Hall–Kier alpha value is -0.0800. The molecule has 13 heavy (non-hydrogen) atoms. The van der Waals surface area contributed by atoms with Crippen molar-refractivity contribution in [2.75, 3.05) is 19.6 Å². The predicted molar refractivity (Wildman–Crippen MR) is 55.8 cm³/mol. The Kier molecular flexibility index (Phi) is 2.37. The van der Waals surface area contributed by atoms with Gasteiger partial charge in [-0.05, 0) is 25.2 Å². The summed E-state index contributed by atoms with van der Waals surface area (Å²) >= 11 is 0. The minimum Gasteiger partial charge on any atom is -0.315 e. The molecule has 0 radical (unpaired) electrons. The standard InChI is InChI=1S/C11H22N2/c1-9-6-12-7-11(2,3)8-13(9)10-4-5-10/h9-10,12H,4-8H2,1-3H3. The van der Waals surface area contributed by atoms with Crippen LogP contribution in [0.4, 0.5) is 0 Å². The van der Waals surface area contributed by atoms with Gasteiger partial charge in [0.1, 0.15) is 0 Å². The van der Waals surface area contributed by atoms with Crippen LogP contribution >= 0.6 is 0 Å². The molecule has 2 heteroatoms. The van der Waals surface area contributed by atoms with E-state index in [9.17, 15) is 0 Å². The highest BCUT2D eigenvalue weighted by Crippen LogP contribution is 2.32. The highest BCUT2D eigenvalue weighted by atomic mass is 15.2. The number of nitrogens with one attached hydrogen (secondary N) is 1. The Bertz CT molecular complexity index is 185. The molecule has 0 amide bonds. The van der Waals surface area contributed by atoms with E-state index >= 15 is 0 Å². The second kappa shape index (κ2) is 3.25. The number of rotatable bonds is 1. The van der Waals surface area contributed by atoms with Crippen LogP contribution in [0, 0.1) is 5.41 Å². The van der Waals surface area contributed by atoms with Crippen molar-refractivity contribution in [2.24, 2.45) is 5.41 Å². The Balaban J connectivity index is 2.03. The smallest absolute Gasteiger partial charge is 0.0195 e. The van der Waals surface area contributed by atoms with Gasteiger partial charge in [-0.1, -0.05) is 13.8 Å². The van der Waals surface area contributed by atoms with E-state index in [1.165, 1.54) is 32.5 Å². The summed E-state index contributed by atoms with van der Waals surface area (Å²) in [6.07, 6.45) is 2.86. The van der Waals surface area contributed by atoms with E-state index in [-0.39, 0.29) is 0 Å². The molecule has 0 aromatic carbocycles. The molecular weight excluding hydrogens is 160 g/mol.